The molecule has 0 saturated carbocycles. The van der Waals surface area contributed by atoms with Gasteiger partial charge in [0.2, 0.25) is 0 Å². The molecular formula is C7H13N. The van der Waals surface area contributed by atoms with Crippen LogP contribution in [0.3, 0.4) is 0 Å². The lowest BCUT2D eigenvalue weighted by atomic mass is 10.1. The molecule has 0 aromatic carbocycles. The lowest BCUT2D eigenvalue weighted by Gasteiger charge is -2.13. The van der Waals surface area contributed by atoms with Gasteiger partial charge in [0, 0.05) is 6.54 Å². The Bertz CT molecular complexity index is 86.6. The van der Waals surface area contributed by atoms with Crippen LogP contribution in [-0.4, -0.2) is 13.1 Å². The van der Waals surface area contributed by atoms with Gasteiger partial charge in [-0.2, -0.15) is 0 Å². The summed E-state index contributed by atoms with van der Waals surface area (Å²) >= 11 is 0. The van der Waals surface area contributed by atoms with Gasteiger partial charge in [0.15, 0.2) is 0 Å². The molecule has 0 atom stereocenters. The van der Waals surface area contributed by atoms with Gasteiger partial charge in [-0.25, -0.2) is 0 Å². The Morgan fingerprint density at radius 3 is 2.88 bits per heavy atom. The summed E-state index contributed by atoms with van der Waals surface area (Å²) in [6.07, 6.45) is 4.84. The summed E-state index contributed by atoms with van der Waals surface area (Å²) in [7, 11) is 0. The zero-order chi connectivity index (χ0) is 5.82. The first-order valence-corrected chi connectivity index (χ1v) is 3.28. The van der Waals surface area contributed by atoms with E-state index in [0.717, 1.165) is 6.54 Å². The molecule has 0 aromatic rings. The molecule has 1 saturated heterocycles. The molecule has 1 aliphatic rings. The molecule has 1 N–H and O–H groups in total. The number of hydrogen-bond donors (Lipinski definition) is 1. The maximum absolute atomic E-state index is 3.32. The van der Waals surface area contributed by atoms with Crippen molar-refractivity contribution < 1.29 is 0 Å². The van der Waals surface area contributed by atoms with Crippen LogP contribution >= 0.6 is 0 Å². The summed E-state index contributed by atoms with van der Waals surface area (Å²) in [6.45, 7) is 4.44. The van der Waals surface area contributed by atoms with Crippen LogP contribution in [0.15, 0.2) is 11.6 Å². The van der Waals surface area contributed by atoms with Crippen LogP contribution in [0.1, 0.15) is 19.8 Å². The Morgan fingerprint density at radius 1 is 1.62 bits per heavy atom. The summed E-state index contributed by atoms with van der Waals surface area (Å²) in [5, 5.41) is 3.32. The predicted molar refractivity (Wildman–Crippen MR) is 35.9 cm³/mol. The molecule has 1 rings (SSSR count). The van der Waals surface area contributed by atoms with Gasteiger partial charge < -0.3 is 5.32 Å². The van der Waals surface area contributed by atoms with Crippen molar-refractivity contribution in [1.82, 2.24) is 5.32 Å². The molecule has 0 radical (unpaired) electrons. The van der Waals surface area contributed by atoms with E-state index in [1.165, 1.54) is 19.4 Å². The third kappa shape index (κ3) is 1.34. The van der Waals surface area contributed by atoms with Crippen LogP contribution in [0, 0.1) is 0 Å². The molecule has 0 unspecified atom stereocenters. The first-order chi connectivity index (χ1) is 3.93. The molecule has 46 valence electrons. The second-order valence-corrected chi connectivity index (χ2v) is 2.23. The van der Waals surface area contributed by atoms with Gasteiger partial charge in [0.25, 0.3) is 0 Å². The highest BCUT2D eigenvalue weighted by Gasteiger charge is 2.00. The molecule has 1 fully saturated rings. The van der Waals surface area contributed by atoms with Crippen LogP contribution in [0.5, 0.6) is 0 Å². The van der Waals surface area contributed by atoms with Crippen LogP contribution in [0.4, 0.5) is 0 Å². The van der Waals surface area contributed by atoms with E-state index in [9.17, 15) is 0 Å². The topological polar surface area (TPSA) is 12.0 Å². The number of allylic oxidation sites excluding steroid dienone is 1. The molecule has 0 spiro atoms. The standard InChI is InChI=1S/C7H13N/c1-2-7-4-3-5-8-6-7/h2,8H,3-6H2,1H3. The average molecular weight is 111 g/mol. The first kappa shape index (κ1) is 5.83. The molecule has 0 aromatic heterocycles. The minimum Gasteiger partial charge on any atom is -0.313 e. The van der Waals surface area contributed by atoms with Gasteiger partial charge in [-0.15, -0.1) is 0 Å². The highest BCUT2D eigenvalue weighted by atomic mass is 14.9. The number of hydrogen-bond acceptors (Lipinski definition) is 1. The number of nitrogens with one attached hydrogen (secondary N) is 1. The Morgan fingerprint density at radius 2 is 2.50 bits per heavy atom. The maximum atomic E-state index is 3.32. The summed E-state index contributed by atoms with van der Waals surface area (Å²) in [6, 6.07) is 0. The molecule has 1 heteroatoms. The largest absolute Gasteiger partial charge is 0.313 e. The fourth-order valence-electron chi connectivity index (χ4n) is 1.02. The van der Waals surface area contributed by atoms with Gasteiger partial charge in [0.1, 0.15) is 0 Å². The molecule has 0 bridgehead atoms. The molecule has 1 nitrogen and oxygen atoms in total. The fraction of sp³-hybridized carbons (Fsp3) is 0.714. The van der Waals surface area contributed by atoms with Gasteiger partial charge in [0.05, 0.1) is 0 Å². The van der Waals surface area contributed by atoms with E-state index in [1.54, 1.807) is 5.57 Å². The Balaban J connectivity index is 2.33. The van der Waals surface area contributed by atoms with Crippen molar-refractivity contribution in [2.75, 3.05) is 13.1 Å². The van der Waals surface area contributed by atoms with E-state index in [2.05, 4.69) is 18.3 Å². The molecule has 8 heavy (non-hydrogen) atoms. The maximum Gasteiger partial charge on any atom is 0.0164 e. The van der Waals surface area contributed by atoms with E-state index in [-0.39, 0.29) is 0 Å². The van der Waals surface area contributed by atoms with Crippen LogP contribution in [0.2, 0.25) is 0 Å². The quantitative estimate of drug-likeness (QED) is 0.465. The average Bonchev–Trinajstić information content (AvgIpc) is 1.90. The third-order valence-electron chi connectivity index (χ3n) is 1.61. The molecule has 0 amide bonds. The molecule has 1 aliphatic heterocycles. The van der Waals surface area contributed by atoms with E-state index < -0.39 is 0 Å². The predicted octanol–water partition coefficient (Wildman–Crippen LogP) is 1.32. The van der Waals surface area contributed by atoms with Crippen molar-refractivity contribution in [1.29, 1.82) is 0 Å². The molecule has 1 heterocycles. The van der Waals surface area contributed by atoms with Gasteiger partial charge >= 0.3 is 0 Å². The van der Waals surface area contributed by atoms with Crippen LogP contribution < -0.4 is 5.32 Å². The highest BCUT2D eigenvalue weighted by Crippen LogP contribution is 2.06. The van der Waals surface area contributed by atoms with Crippen molar-refractivity contribution in [2.24, 2.45) is 0 Å². The Hall–Kier alpha value is -0.300. The molecular weight excluding hydrogens is 98.1 g/mol. The summed E-state index contributed by atoms with van der Waals surface area (Å²) in [5.74, 6) is 0. The van der Waals surface area contributed by atoms with Crippen molar-refractivity contribution in [3.05, 3.63) is 11.6 Å². The summed E-state index contributed by atoms with van der Waals surface area (Å²) in [4.78, 5) is 0. The van der Waals surface area contributed by atoms with Gasteiger partial charge in [-0.1, -0.05) is 11.6 Å². The van der Waals surface area contributed by atoms with E-state index in [4.69, 9.17) is 0 Å². The van der Waals surface area contributed by atoms with Crippen molar-refractivity contribution in [2.45, 2.75) is 19.8 Å². The first-order valence-electron chi connectivity index (χ1n) is 3.28. The van der Waals surface area contributed by atoms with E-state index in [0.29, 0.717) is 0 Å². The zero-order valence-corrected chi connectivity index (χ0v) is 5.41. The fourth-order valence-corrected chi connectivity index (χ4v) is 1.02. The minimum absolute atomic E-state index is 1.12. The van der Waals surface area contributed by atoms with Crippen LogP contribution in [-0.2, 0) is 0 Å². The monoisotopic (exact) mass is 111 g/mol. The third-order valence-corrected chi connectivity index (χ3v) is 1.61. The smallest absolute Gasteiger partial charge is 0.0164 e. The lowest BCUT2D eigenvalue weighted by molar-refractivity contribution is 0.609. The SMILES string of the molecule is CC=C1CCCNC1. The Labute approximate surface area is 50.8 Å². The summed E-state index contributed by atoms with van der Waals surface area (Å²) in [5.41, 5.74) is 1.57. The van der Waals surface area contributed by atoms with Crippen molar-refractivity contribution >= 4 is 0 Å². The van der Waals surface area contributed by atoms with E-state index >= 15 is 0 Å². The van der Waals surface area contributed by atoms with E-state index in [1.807, 2.05) is 0 Å². The lowest BCUT2D eigenvalue weighted by Crippen LogP contribution is -2.23. The van der Waals surface area contributed by atoms with Crippen LogP contribution in [0.25, 0.3) is 0 Å². The van der Waals surface area contributed by atoms with Gasteiger partial charge in [-0.3, -0.25) is 0 Å². The Kier molecular flexibility index (Phi) is 2.10. The normalized spacial score (nSPS) is 26.4. The van der Waals surface area contributed by atoms with Crippen molar-refractivity contribution in [3.63, 3.8) is 0 Å². The second kappa shape index (κ2) is 2.88. The van der Waals surface area contributed by atoms with Crippen molar-refractivity contribution in [3.8, 4) is 0 Å². The minimum atomic E-state index is 1.12. The zero-order valence-electron chi connectivity index (χ0n) is 5.41. The van der Waals surface area contributed by atoms with Gasteiger partial charge in [-0.05, 0) is 26.3 Å². The highest BCUT2D eigenvalue weighted by molar-refractivity contribution is 5.04. The molecule has 0 aliphatic carbocycles. The summed E-state index contributed by atoms with van der Waals surface area (Å²) < 4.78 is 0. The number of rotatable bonds is 0. The number of piperidine rings is 1. The second-order valence-electron chi connectivity index (χ2n) is 2.23.